The minimum Gasteiger partial charge on any atom is -0.356 e. The second-order valence-electron chi connectivity index (χ2n) is 7.49. The third-order valence-electron chi connectivity index (χ3n) is 6.03. The van der Waals surface area contributed by atoms with Crippen molar-refractivity contribution in [2.75, 3.05) is 6.54 Å². The molecule has 0 aromatic heterocycles. The maximum atomic E-state index is 11.4. The van der Waals surface area contributed by atoms with Gasteiger partial charge in [0.05, 0.1) is 0 Å². The van der Waals surface area contributed by atoms with Crippen molar-refractivity contribution in [1.82, 2.24) is 10.6 Å². The van der Waals surface area contributed by atoms with Crippen molar-refractivity contribution >= 4 is 11.8 Å². The van der Waals surface area contributed by atoms with Crippen LogP contribution in [-0.4, -0.2) is 24.4 Å². The molecule has 0 spiro atoms. The number of nitrogens with one attached hydrogen (secondary N) is 2. The quantitative estimate of drug-likeness (QED) is 0.723. The van der Waals surface area contributed by atoms with Gasteiger partial charge in [-0.1, -0.05) is 12.8 Å². The lowest BCUT2D eigenvalue weighted by molar-refractivity contribution is -0.125. The minimum absolute atomic E-state index is 0.277. The Morgan fingerprint density at radius 2 is 1.50 bits per heavy atom. The Bertz CT molecular complexity index is 410. The van der Waals surface area contributed by atoms with Gasteiger partial charge < -0.3 is 10.6 Å². The second-order valence-corrected chi connectivity index (χ2v) is 7.49. The summed E-state index contributed by atoms with van der Waals surface area (Å²) in [7, 11) is 0. The lowest BCUT2D eigenvalue weighted by atomic mass is 9.93. The molecule has 2 aliphatic heterocycles. The lowest BCUT2D eigenvalue weighted by Gasteiger charge is -2.15. The van der Waals surface area contributed by atoms with E-state index in [2.05, 4.69) is 10.6 Å². The molecule has 2 amide bonds. The molecule has 4 rings (SSSR count). The topological polar surface area (TPSA) is 58.2 Å². The van der Waals surface area contributed by atoms with Gasteiger partial charge in [0, 0.05) is 24.9 Å². The van der Waals surface area contributed by atoms with Gasteiger partial charge in [0.25, 0.3) is 0 Å². The summed E-state index contributed by atoms with van der Waals surface area (Å²) in [6.07, 6.45) is 13.1. The maximum absolute atomic E-state index is 11.4. The fourth-order valence-corrected chi connectivity index (χ4v) is 4.81. The van der Waals surface area contributed by atoms with Gasteiger partial charge in [-0.05, 0) is 63.2 Å². The summed E-state index contributed by atoms with van der Waals surface area (Å²) in [5.74, 6) is 2.50. The Labute approximate surface area is 133 Å². The van der Waals surface area contributed by atoms with Crippen molar-refractivity contribution in [3.8, 4) is 0 Å². The van der Waals surface area contributed by atoms with Gasteiger partial charge in [-0.2, -0.15) is 0 Å². The number of hydrogen-bond donors (Lipinski definition) is 2. The molecule has 2 N–H and O–H groups in total. The third-order valence-corrected chi connectivity index (χ3v) is 6.03. The molecule has 2 saturated heterocycles. The van der Waals surface area contributed by atoms with Crippen molar-refractivity contribution < 1.29 is 9.59 Å². The molecule has 2 heterocycles. The standard InChI is InChI=1S/2C9H15NO/c11-9-8-5-1-3-7(8)4-2-6-10-9;11-9-6-2-4-7-3-1-5-8(7)10-9/h2*7-8H,1-6H2,(H,10,11)/t2*7-,8-/m00/s1. The van der Waals surface area contributed by atoms with Crippen LogP contribution >= 0.6 is 0 Å². The van der Waals surface area contributed by atoms with Crippen LogP contribution in [0, 0.1) is 17.8 Å². The van der Waals surface area contributed by atoms with Gasteiger partial charge in [-0.3, -0.25) is 9.59 Å². The molecule has 0 unspecified atom stereocenters. The number of rotatable bonds is 0. The molecule has 4 atom stereocenters. The van der Waals surface area contributed by atoms with Crippen molar-refractivity contribution in [3.63, 3.8) is 0 Å². The zero-order chi connectivity index (χ0) is 15.4. The lowest BCUT2D eigenvalue weighted by Crippen LogP contribution is -2.34. The molecule has 124 valence electrons. The van der Waals surface area contributed by atoms with Crippen molar-refractivity contribution in [3.05, 3.63) is 0 Å². The smallest absolute Gasteiger partial charge is 0.223 e. The molecular weight excluding hydrogens is 276 g/mol. The Hall–Kier alpha value is -1.06. The Balaban J connectivity index is 0.000000131. The first-order chi connectivity index (χ1) is 10.7. The molecule has 4 heteroatoms. The first-order valence-corrected chi connectivity index (χ1v) is 9.31. The first-order valence-electron chi connectivity index (χ1n) is 9.31. The van der Waals surface area contributed by atoms with Gasteiger partial charge in [0.1, 0.15) is 0 Å². The summed E-state index contributed by atoms with van der Waals surface area (Å²) < 4.78 is 0. The van der Waals surface area contributed by atoms with Crippen molar-refractivity contribution in [2.45, 2.75) is 76.7 Å². The van der Waals surface area contributed by atoms with Gasteiger partial charge in [0.2, 0.25) is 11.8 Å². The summed E-state index contributed by atoms with van der Waals surface area (Å²) in [6.45, 7) is 0.909. The molecule has 0 aromatic rings. The SMILES string of the molecule is O=C1CCC[C@@H]2CCC[C@@H]2N1.O=C1NCCC[C@@H]2CCC[C@H]12. The van der Waals surface area contributed by atoms with E-state index in [9.17, 15) is 9.59 Å². The minimum atomic E-state index is 0.277. The highest BCUT2D eigenvalue weighted by Gasteiger charge is 2.33. The number of hydrogen-bond acceptors (Lipinski definition) is 2. The predicted molar refractivity (Wildman–Crippen MR) is 86.2 cm³/mol. The Morgan fingerprint density at radius 1 is 0.773 bits per heavy atom. The summed E-state index contributed by atoms with van der Waals surface area (Å²) in [5, 5.41) is 6.08. The molecule has 0 aromatic carbocycles. The highest BCUT2D eigenvalue weighted by Crippen LogP contribution is 2.36. The molecule has 4 fully saturated rings. The molecule has 2 saturated carbocycles. The number of amides is 2. The second kappa shape index (κ2) is 7.47. The van der Waals surface area contributed by atoms with Crippen LogP contribution in [0.5, 0.6) is 0 Å². The van der Waals surface area contributed by atoms with Crippen LogP contribution in [-0.2, 0) is 9.59 Å². The molecular formula is C18H30N2O2. The van der Waals surface area contributed by atoms with Crippen LogP contribution in [0.4, 0.5) is 0 Å². The van der Waals surface area contributed by atoms with Crippen LogP contribution in [0.25, 0.3) is 0 Å². The van der Waals surface area contributed by atoms with Crippen molar-refractivity contribution in [2.24, 2.45) is 17.8 Å². The van der Waals surface area contributed by atoms with Gasteiger partial charge >= 0.3 is 0 Å². The van der Waals surface area contributed by atoms with E-state index in [1.165, 1.54) is 51.4 Å². The normalized spacial score (nSPS) is 37.6. The van der Waals surface area contributed by atoms with Crippen LogP contribution in [0.15, 0.2) is 0 Å². The molecule has 0 radical (unpaired) electrons. The van der Waals surface area contributed by atoms with Crippen molar-refractivity contribution in [1.29, 1.82) is 0 Å². The zero-order valence-corrected chi connectivity index (χ0v) is 13.6. The van der Waals surface area contributed by atoms with E-state index in [0.29, 0.717) is 17.9 Å². The summed E-state index contributed by atoms with van der Waals surface area (Å²) in [6, 6.07) is 0.532. The van der Waals surface area contributed by atoms with E-state index in [0.717, 1.165) is 37.6 Å². The fourth-order valence-electron chi connectivity index (χ4n) is 4.81. The third kappa shape index (κ3) is 3.82. The van der Waals surface area contributed by atoms with E-state index in [-0.39, 0.29) is 5.91 Å². The predicted octanol–water partition coefficient (Wildman–Crippen LogP) is 2.77. The van der Waals surface area contributed by atoms with E-state index in [1.54, 1.807) is 0 Å². The van der Waals surface area contributed by atoms with Gasteiger partial charge in [0.15, 0.2) is 0 Å². The van der Waals surface area contributed by atoms with E-state index >= 15 is 0 Å². The molecule has 4 nitrogen and oxygen atoms in total. The van der Waals surface area contributed by atoms with E-state index in [1.807, 2.05) is 0 Å². The highest BCUT2D eigenvalue weighted by molar-refractivity contribution is 5.79. The summed E-state index contributed by atoms with van der Waals surface area (Å²) in [4.78, 5) is 22.5. The molecule has 4 aliphatic rings. The average molecular weight is 306 g/mol. The molecule has 0 bridgehead atoms. The number of fused-ring (bicyclic) bond motifs is 2. The zero-order valence-electron chi connectivity index (χ0n) is 13.6. The van der Waals surface area contributed by atoms with Gasteiger partial charge in [-0.15, -0.1) is 0 Å². The van der Waals surface area contributed by atoms with E-state index in [4.69, 9.17) is 0 Å². The first kappa shape index (κ1) is 15.8. The van der Waals surface area contributed by atoms with Crippen LogP contribution in [0.2, 0.25) is 0 Å². The largest absolute Gasteiger partial charge is 0.356 e. The number of carbonyl (C=O) groups is 2. The maximum Gasteiger partial charge on any atom is 0.223 e. The van der Waals surface area contributed by atoms with Crippen LogP contribution in [0.3, 0.4) is 0 Å². The highest BCUT2D eigenvalue weighted by atomic mass is 16.2. The Kier molecular flexibility index (Phi) is 5.37. The average Bonchev–Trinajstić information content (AvgIpc) is 3.07. The molecule has 2 aliphatic carbocycles. The fraction of sp³-hybridized carbons (Fsp3) is 0.889. The monoisotopic (exact) mass is 306 g/mol. The summed E-state index contributed by atoms with van der Waals surface area (Å²) >= 11 is 0. The Morgan fingerprint density at radius 3 is 2.41 bits per heavy atom. The number of carbonyl (C=O) groups excluding carboxylic acids is 2. The van der Waals surface area contributed by atoms with Gasteiger partial charge in [-0.25, -0.2) is 0 Å². The van der Waals surface area contributed by atoms with Crippen LogP contribution in [0.1, 0.15) is 70.6 Å². The molecule has 22 heavy (non-hydrogen) atoms. The van der Waals surface area contributed by atoms with Crippen LogP contribution < -0.4 is 10.6 Å². The van der Waals surface area contributed by atoms with E-state index < -0.39 is 0 Å². The summed E-state index contributed by atoms with van der Waals surface area (Å²) in [5.41, 5.74) is 0.